The van der Waals surface area contributed by atoms with Gasteiger partial charge in [-0.3, -0.25) is 14.4 Å². The average molecular weight is 519 g/mol. The van der Waals surface area contributed by atoms with Crippen LogP contribution in [-0.2, 0) is 20.8 Å². The van der Waals surface area contributed by atoms with Crippen LogP contribution in [0.3, 0.4) is 0 Å². The van der Waals surface area contributed by atoms with Crippen molar-refractivity contribution < 1.29 is 19.5 Å². The molecule has 0 saturated carbocycles. The van der Waals surface area contributed by atoms with Crippen LogP contribution in [0.4, 0.5) is 0 Å². The van der Waals surface area contributed by atoms with Crippen molar-refractivity contribution in [1.82, 2.24) is 20.5 Å². The minimum Gasteiger partial charge on any atom is -0.481 e. The number of hydrogen-bond donors (Lipinski definition) is 4. The molecule has 0 bridgehead atoms. The number of carboxylic acid groups (broad SMARTS) is 1. The zero-order valence-corrected chi connectivity index (χ0v) is 21.7. The molecule has 2 aliphatic heterocycles. The maximum absolute atomic E-state index is 13.1. The first-order valence-electron chi connectivity index (χ1n) is 13.0. The van der Waals surface area contributed by atoms with E-state index in [9.17, 15) is 19.5 Å². The highest BCUT2D eigenvalue weighted by atomic mass is 35.5. The number of hydrogen-bond acceptors (Lipinski definition) is 4. The number of H-pyrrole nitrogens is 1. The summed E-state index contributed by atoms with van der Waals surface area (Å²) in [5.41, 5.74) is 2.17. The fraction of sp³-hybridized carbons (Fsp3) is 0.593. The number of aromatic amines is 1. The number of nitrogens with one attached hydrogen (secondary N) is 3. The molecule has 0 radical (unpaired) electrons. The molecule has 9 heteroatoms. The molecule has 2 aliphatic rings. The molecule has 2 aromatic rings. The molecule has 0 aliphatic carbocycles. The van der Waals surface area contributed by atoms with Crippen LogP contribution in [0.2, 0.25) is 0 Å². The summed E-state index contributed by atoms with van der Waals surface area (Å²) in [5, 5.41) is 16.9. The Morgan fingerprint density at radius 3 is 2.69 bits per heavy atom. The number of likely N-dealkylation sites (tertiary alicyclic amines) is 1. The second-order valence-electron chi connectivity index (χ2n) is 10.1. The molecule has 1 aromatic carbocycles. The van der Waals surface area contributed by atoms with E-state index in [0.29, 0.717) is 38.3 Å². The normalized spacial score (nSPS) is 19.4. The van der Waals surface area contributed by atoms with Crippen molar-refractivity contribution in [2.45, 2.75) is 63.8 Å². The van der Waals surface area contributed by atoms with Gasteiger partial charge in [0.05, 0.1) is 12.3 Å². The van der Waals surface area contributed by atoms with Crippen LogP contribution in [0.15, 0.2) is 30.5 Å². The van der Waals surface area contributed by atoms with E-state index >= 15 is 0 Å². The van der Waals surface area contributed by atoms with Gasteiger partial charge in [0.25, 0.3) is 0 Å². The van der Waals surface area contributed by atoms with Crippen molar-refractivity contribution in [1.29, 1.82) is 0 Å². The summed E-state index contributed by atoms with van der Waals surface area (Å²) in [6, 6.07) is 7.57. The van der Waals surface area contributed by atoms with Crippen LogP contribution in [0.5, 0.6) is 0 Å². The molecule has 4 rings (SSSR count). The molecule has 2 fully saturated rings. The SMILES string of the molecule is Cl.O=C(O)CC(CCc1c[nH]c2ccccc12)NC(=O)[C@@H]1CCCN(C(=O)CCC2CCNCC2)C1. The summed E-state index contributed by atoms with van der Waals surface area (Å²) in [6.07, 6.45) is 8.32. The van der Waals surface area contributed by atoms with Gasteiger partial charge in [0.15, 0.2) is 0 Å². The van der Waals surface area contributed by atoms with Gasteiger partial charge in [-0.05, 0) is 75.6 Å². The quantitative estimate of drug-likeness (QED) is 0.384. The van der Waals surface area contributed by atoms with Gasteiger partial charge >= 0.3 is 5.97 Å². The van der Waals surface area contributed by atoms with E-state index in [-0.39, 0.29) is 36.6 Å². The number of carbonyl (C=O) groups is 3. The van der Waals surface area contributed by atoms with Crippen LogP contribution in [0.25, 0.3) is 10.9 Å². The van der Waals surface area contributed by atoms with Crippen molar-refractivity contribution in [2.75, 3.05) is 26.2 Å². The Balaban J connectivity index is 0.00000361. The van der Waals surface area contributed by atoms with Gasteiger partial charge in [0.2, 0.25) is 11.8 Å². The summed E-state index contributed by atoms with van der Waals surface area (Å²) < 4.78 is 0. The van der Waals surface area contributed by atoms with Gasteiger partial charge in [-0.1, -0.05) is 18.2 Å². The number of fused-ring (bicyclic) bond motifs is 1. The summed E-state index contributed by atoms with van der Waals surface area (Å²) in [7, 11) is 0. The number of para-hydroxylation sites is 1. The molecule has 4 N–H and O–H groups in total. The second kappa shape index (κ2) is 13.7. The van der Waals surface area contributed by atoms with Gasteiger partial charge in [-0.25, -0.2) is 0 Å². The second-order valence-corrected chi connectivity index (χ2v) is 10.1. The van der Waals surface area contributed by atoms with E-state index in [4.69, 9.17) is 0 Å². The maximum atomic E-state index is 13.1. The van der Waals surface area contributed by atoms with E-state index in [1.807, 2.05) is 35.4 Å². The minimum atomic E-state index is -0.924. The first-order valence-corrected chi connectivity index (χ1v) is 13.0. The molecular weight excluding hydrogens is 480 g/mol. The third-order valence-electron chi connectivity index (χ3n) is 7.57. The van der Waals surface area contributed by atoms with Gasteiger partial charge in [0, 0.05) is 42.7 Å². The van der Waals surface area contributed by atoms with Gasteiger partial charge in [0.1, 0.15) is 0 Å². The van der Waals surface area contributed by atoms with Crippen LogP contribution >= 0.6 is 12.4 Å². The van der Waals surface area contributed by atoms with E-state index in [1.54, 1.807) is 0 Å². The Morgan fingerprint density at radius 2 is 1.92 bits per heavy atom. The van der Waals surface area contributed by atoms with E-state index < -0.39 is 12.0 Å². The zero-order chi connectivity index (χ0) is 24.6. The fourth-order valence-corrected chi connectivity index (χ4v) is 5.50. The highest BCUT2D eigenvalue weighted by molar-refractivity contribution is 5.85. The number of halogens is 1. The molecule has 2 saturated heterocycles. The largest absolute Gasteiger partial charge is 0.481 e. The molecule has 198 valence electrons. The van der Waals surface area contributed by atoms with E-state index in [1.165, 1.54) is 0 Å². The summed E-state index contributed by atoms with van der Waals surface area (Å²) in [6.45, 7) is 3.19. The number of benzene rings is 1. The average Bonchev–Trinajstić information content (AvgIpc) is 3.29. The predicted molar refractivity (Wildman–Crippen MR) is 142 cm³/mol. The predicted octanol–water partition coefficient (Wildman–Crippen LogP) is 3.50. The van der Waals surface area contributed by atoms with E-state index in [2.05, 4.69) is 15.6 Å². The summed E-state index contributed by atoms with van der Waals surface area (Å²) in [4.78, 5) is 42.5. The molecular formula is C27H39ClN4O4. The van der Waals surface area contributed by atoms with E-state index in [0.717, 1.165) is 61.7 Å². The number of aromatic nitrogens is 1. The molecule has 8 nitrogen and oxygen atoms in total. The van der Waals surface area contributed by atoms with Crippen LogP contribution < -0.4 is 10.6 Å². The number of amides is 2. The number of nitrogens with zero attached hydrogens (tertiary/aromatic N) is 1. The smallest absolute Gasteiger partial charge is 0.305 e. The Kier molecular flexibility index (Phi) is 10.6. The number of rotatable bonds is 10. The Bertz CT molecular complexity index is 1020. The first-order chi connectivity index (χ1) is 17.0. The van der Waals surface area contributed by atoms with Crippen LogP contribution in [-0.4, -0.2) is 65.0 Å². The number of aliphatic carboxylic acids is 1. The highest BCUT2D eigenvalue weighted by Crippen LogP contribution is 2.23. The molecule has 1 aromatic heterocycles. The van der Waals surface area contributed by atoms with Crippen molar-refractivity contribution >= 4 is 41.1 Å². The lowest BCUT2D eigenvalue weighted by molar-refractivity contribution is -0.138. The Labute approximate surface area is 219 Å². The molecule has 0 spiro atoms. The lowest BCUT2D eigenvalue weighted by Crippen LogP contribution is -2.48. The van der Waals surface area contributed by atoms with Crippen LogP contribution in [0.1, 0.15) is 56.9 Å². The number of carboxylic acids is 1. The monoisotopic (exact) mass is 518 g/mol. The standard InChI is InChI=1S/C27H38N4O4.ClH/c32-25(10-7-19-11-13-28-14-12-19)31-15-3-4-21(18-31)27(35)30-22(16-26(33)34)9-8-20-17-29-24-6-2-1-5-23(20)24;/h1-2,5-6,17,19,21-22,28-29H,3-4,7-16,18H2,(H,30,35)(H,33,34);1H/t21-,22?;/m1./s1. The lowest BCUT2D eigenvalue weighted by atomic mass is 9.92. The molecule has 1 unspecified atom stereocenters. The molecule has 2 atom stereocenters. The van der Waals surface area contributed by atoms with Crippen LogP contribution in [0, 0.1) is 11.8 Å². The van der Waals surface area contributed by atoms with Crippen molar-refractivity contribution in [3.8, 4) is 0 Å². The Morgan fingerprint density at radius 1 is 1.14 bits per heavy atom. The lowest BCUT2D eigenvalue weighted by Gasteiger charge is -2.33. The van der Waals surface area contributed by atoms with Gasteiger partial charge < -0.3 is 25.6 Å². The van der Waals surface area contributed by atoms with Crippen molar-refractivity contribution in [2.24, 2.45) is 11.8 Å². The van der Waals surface area contributed by atoms with Crippen molar-refractivity contribution in [3.63, 3.8) is 0 Å². The number of carbonyl (C=O) groups excluding carboxylic acids is 2. The van der Waals surface area contributed by atoms with Crippen molar-refractivity contribution in [3.05, 3.63) is 36.0 Å². The maximum Gasteiger partial charge on any atom is 0.305 e. The minimum absolute atomic E-state index is 0. The number of piperidine rings is 2. The molecule has 36 heavy (non-hydrogen) atoms. The fourth-order valence-electron chi connectivity index (χ4n) is 5.50. The third kappa shape index (κ3) is 7.71. The first kappa shape index (κ1) is 28.0. The zero-order valence-electron chi connectivity index (χ0n) is 20.8. The van der Waals surface area contributed by atoms with Gasteiger partial charge in [-0.2, -0.15) is 0 Å². The third-order valence-corrected chi connectivity index (χ3v) is 7.57. The highest BCUT2D eigenvalue weighted by Gasteiger charge is 2.30. The topological polar surface area (TPSA) is 115 Å². The van der Waals surface area contributed by atoms with Gasteiger partial charge in [-0.15, -0.1) is 12.4 Å². The summed E-state index contributed by atoms with van der Waals surface area (Å²) >= 11 is 0. The molecule has 3 heterocycles. The molecule has 2 amide bonds. The summed E-state index contributed by atoms with van der Waals surface area (Å²) in [5.74, 6) is -0.588. The Hall–Kier alpha value is -2.58. The number of aryl methyl sites for hydroxylation is 1.